The van der Waals surface area contributed by atoms with Crippen LogP contribution < -0.4 is 15.4 Å². The van der Waals surface area contributed by atoms with Gasteiger partial charge in [0.2, 0.25) is 0 Å². The lowest BCUT2D eigenvalue weighted by Gasteiger charge is -2.23. The molecule has 1 unspecified atom stereocenters. The Morgan fingerprint density at radius 2 is 1.95 bits per heavy atom. The van der Waals surface area contributed by atoms with Gasteiger partial charge in [0.1, 0.15) is 5.75 Å². The van der Waals surface area contributed by atoms with Gasteiger partial charge in [-0.2, -0.15) is 0 Å². The van der Waals surface area contributed by atoms with E-state index < -0.39 is 5.54 Å². The molecule has 1 rings (SSSR count). The first-order valence-corrected chi connectivity index (χ1v) is 6.83. The first-order chi connectivity index (χ1) is 9.36. The first kappa shape index (κ1) is 16.3. The highest BCUT2D eigenvalue weighted by molar-refractivity contribution is 5.89. The second-order valence-corrected chi connectivity index (χ2v) is 5.48. The van der Waals surface area contributed by atoms with Gasteiger partial charge >= 0.3 is 6.03 Å². The molecule has 112 valence electrons. The maximum absolute atomic E-state index is 11.7. The maximum Gasteiger partial charge on any atom is 0.319 e. The summed E-state index contributed by atoms with van der Waals surface area (Å²) >= 11 is 0. The highest BCUT2D eigenvalue weighted by atomic mass is 16.5. The van der Waals surface area contributed by atoms with Crippen LogP contribution in [-0.2, 0) is 0 Å². The summed E-state index contributed by atoms with van der Waals surface area (Å²) in [6.07, 6.45) is 1.11. The molecule has 3 N–H and O–H groups in total. The Morgan fingerprint density at radius 3 is 2.45 bits per heavy atom. The lowest BCUT2D eigenvalue weighted by atomic mass is 10.1. The molecule has 5 nitrogen and oxygen atoms in total. The zero-order chi connectivity index (χ0) is 15.2. The van der Waals surface area contributed by atoms with Crippen LogP contribution in [0.15, 0.2) is 24.3 Å². The van der Waals surface area contributed by atoms with Crippen LogP contribution in [0.1, 0.15) is 34.1 Å². The molecule has 1 atom stereocenters. The average Bonchev–Trinajstić information content (AvgIpc) is 2.40. The molecule has 0 heterocycles. The zero-order valence-electron chi connectivity index (χ0n) is 12.6. The minimum Gasteiger partial charge on any atom is -0.491 e. The predicted molar refractivity (Wildman–Crippen MR) is 80.1 cm³/mol. The van der Waals surface area contributed by atoms with Gasteiger partial charge in [-0.25, -0.2) is 4.79 Å². The van der Waals surface area contributed by atoms with E-state index in [9.17, 15) is 4.79 Å². The highest BCUT2D eigenvalue weighted by Crippen LogP contribution is 2.17. The summed E-state index contributed by atoms with van der Waals surface area (Å²) in [5, 5.41) is 14.5. The summed E-state index contributed by atoms with van der Waals surface area (Å²) in [7, 11) is 0. The van der Waals surface area contributed by atoms with Crippen molar-refractivity contribution in [3.8, 4) is 5.75 Å². The lowest BCUT2D eigenvalue weighted by Crippen LogP contribution is -2.48. The van der Waals surface area contributed by atoms with Crippen molar-refractivity contribution < 1.29 is 14.6 Å². The lowest BCUT2D eigenvalue weighted by molar-refractivity contribution is 0.187. The molecule has 0 aliphatic carbocycles. The van der Waals surface area contributed by atoms with Crippen LogP contribution >= 0.6 is 0 Å². The normalized spacial score (nSPS) is 12.7. The molecule has 0 bridgehead atoms. The summed E-state index contributed by atoms with van der Waals surface area (Å²) in [6.45, 7) is 7.44. The van der Waals surface area contributed by atoms with Crippen molar-refractivity contribution in [1.82, 2.24) is 5.32 Å². The van der Waals surface area contributed by atoms with Gasteiger partial charge in [-0.3, -0.25) is 0 Å². The molecular formula is C15H24N2O3. The molecule has 2 amide bonds. The second kappa shape index (κ2) is 7.14. The molecule has 0 radical (unpaired) electrons. The molecule has 0 saturated carbocycles. The fraction of sp³-hybridized carbons (Fsp3) is 0.533. The van der Waals surface area contributed by atoms with E-state index in [1.807, 2.05) is 19.1 Å². The summed E-state index contributed by atoms with van der Waals surface area (Å²) in [5.41, 5.74) is 0.0247. The van der Waals surface area contributed by atoms with Crippen molar-refractivity contribution in [1.29, 1.82) is 0 Å². The number of nitrogens with one attached hydrogen (secondary N) is 2. The Bertz CT molecular complexity index is 429. The quantitative estimate of drug-likeness (QED) is 0.750. The summed E-state index contributed by atoms with van der Waals surface area (Å²) in [4.78, 5) is 11.7. The Kier molecular flexibility index (Phi) is 5.82. The van der Waals surface area contributed by atoms with E-state index in [0.29, 0.717) is 5.69 Å². The Balaban J connectivity index is 2.55. The molecule has 0 spiro atoms. The third-order valence-electron chi connectivity index (χ3n) is 2.87. The van der Waals surface area contributed by atoms with Crippen LogP contribution in [0.2, 0.25) is 0 Å². The summed E-state index contributed by atoms with van der Waals surface area (Å²) < 4.78 is 5.66. The number of anilines is 1. The SMILES string of the molecule is CCC(C)Oc1ccc(NC(=O)NC(C)(C)CO)cc1. The topological polar surface area (TPSA) is 70.6 Å². The largest absolute Gasteiger partial charge is 0.491 e. The number of rotatable bonds is 6. The molecule has 0 saturated heterocycles. The average molecular weight is 280 g/mol. The minimum absolute atomic E-state index is 0.123. The molecule has 0 fully saturated rings. The number of carbonyl (C=O) groups excluding carboxylic acids is 1. The molecule has 20 heavy (non-hydrogen) atoms. The van der Waals surface area contributed by atoms with Crippen LogP contribution in [0.5, 0.6) is 5.75 Å². The molecule has 0 aromatic heterocycles. The fourth-order valence-electron chi connectivity index (χ4n) is 1.44. The zero-order valence-corrected chi connectivity index (χ0v) is 12.6. The summed E-state index contributed by atoms with van der Waals surface area (Å²) in [6, 6.07) is 6.85. The van der Waals surface area contributed by atoms with Crippen LogP contribution in [0.4, 0.5) is 10.5 Å². The van der Waals surface area contributed by atoms with Gasteiger partial charge in [0.05, 0.1) is 18.2 Å². The number of benzene rings is 1. The van der Waals surface area contributed by atoms with E-state index >= 15 is 0 Å². The van der Waals surface area contributed by atoms with Crippen molar-refractivity contribution in [2.75, 3.05) is 11.9 Å². The van der Waals surface area contributed by atoms with Crippen molar-refractivity contribution in [3.05, 3.63) is 24.3 Å². The molecular weight excluding hydrogens is 256 g/mol. The van der Waals surface area contributed by atoms with E-state index in [1.54, 1.807) is 26.0 Å². The number of carbonyl (C=O) groups is 1. The molecule has 5 heteroatoms. The van der Waals surface area contributed by atoms with Gasteiger partial charge in [-0.15, -0.1) is 0 Å². The van der Waals surface area contributed by atoms with E-state index in [1.165, 1.54) is 0 Å². The third-order valence-corrected chi connectivity index (χ3v) is 2.87. The van der Waals surface area contributed by atoms with Crippen LogP contribution in [0, 0.1) is 0 Å². The van der Waals surface area contributed by atoms with E-state index in [4.69, 9.17) is 9.84 Å². The van der Waals surface area contributed by atoms with Gasteiger partial charge in [0.15, 0.2) is 0 Å². The molecule has 0 aliphatic rings. The monoisotopic (exact) mass is 280 g/mol. The number of hydrogen-bond donors (Lipinski definition) is 3. The second-order valence-electron chi connectivity index (χ2n) is 5.48. The number of ether oxygens (including phenoxy) is 1. The minimum atomic E-state index is -0.649. The van der Waals surface area contributed by atoms with Gasteiger partial charge in [-0.1, -0.05) is 6.92 Å². The van der Waals surface area contributed by atoms with E-state index in [2.05, 4.69) is 17.6 Å². The van der Waals surface area contributed by atoms with Gasteiger partial charge in [0.25, 0.3) is 0 Å². The van der Waals surface area contributed by atoms with E-state index in [0.717, 1.165) is 12.2 Å². The standard InChI is InChI=1S/C15H24N2O3/c1-5-11(2)20-13-8-6-12(7-9-13)16-14(19)17-15(3,4)10-18/h6-9,11,18H,5,10H2,1-4H3,(H2,16,17,19). The van der Waals surface area contributed by atoms with Crippen LogP contribution in [-0.4, -0.2) is 29.4 Å². The smallest absolute Gasteiger partial charge is 0.319 e. The van der Waals surface area contributed by atoms with Crippen molar-refractivity contribution >= 4 is 11.7 Å². The molecule has 1 aromatic rings. The Morgan fingerprint density at radius 1 is 1.35 bits per heavy atom. The van der Waals surface area contributed by atoms with Gasteiger partial charge < -0.3 is 20.5 Å². The maximum atomic E-state index is 11.7. The number of aliphatic hydroxyl groups is 1. The fourth-order valence-corrected chi connectivity index (χ4v) is 1.44. The first-order valence-electron chi connectivity index (χ1n) is 6.83. The number of urea groups is 1. The van der Waals surface area contributed by atoms with Crippen molar-refractivity contribution in [2.24, 2.45) is 0 Å². The summed E-state index contributed by atoms with van der Waals surface area (Å²) in [5.74, 6) is 0.779. The Hall–Kier alpha value is -1.75. The van der Waals surface area contributed by atoms with Crippen LogP contribution in [0.3, 0.4) is 0 Å². The number of aliphatic hydroxyl groups excluding tert-OH is 1. The van der Waals surface area contributed by atoms with Crippen molar-refractivity contribution in [3.63, 3.8) is 0 Å². The van der Waals surface area contributed by atoms with Crippen LogP contribution in [0.25, 0.3) is 0 Å². The highest BCUT2D eigenvalue weighted by Gasteiger charge is 2.18. The molecule has 0 aliphatic heterocycles. The molecule has 1 aromatic carbocycles. The number of hydrogen-bond acceptors (Lipinski definition) is 3. The van der Waals surface area contributed by atoms with Gasteiger partial charge in [-0.05, 0) is 51.5 Å². The van der Waals surface area contributed by atoms with Crippen molar-refractivity contribution in [2.45, 2.75) is 45.8 Å². The van der Waals surface area contributed by atoms with E-state index in [-0.39, 0.29) is 18.7 Å². The third kappa shape index (κ3) is 5.48. The number of amides is 2. The Labute approximate surface area is 120 Å². The van der Waals surface area contributed by atoms with Gasteiger partial charge in [0, 0.05) is 5.69 Å². The predicted octanol–water partition coefficient (Wildman–Crippen LogP) is 2.76.